The van der Waals surface area contributed by atoms with E-state index in [1.807, 2.05) is 0 Å². The van der Waals surface area contributed by atoms with Gasteiger partial charge in [0.05, 0.1) is 22.8 Å². The minimum absolute atomic E-state index is 0.131. The molecule has 14 heteroatoms. The lowest BCUT2D eigenvalue weighted by Gasteiger charge is -2.28. The Labute approximate surface area is 200 Å². The molecule has 0 saturated carbocycles. The van der Waals surface area contributed by atoms with E-state index >= 15 is 0 Å². The number of alkyl halides is 3. The minimum Gasteiger partial charge on any atom is -0.457 e. The highest BCUT2D eigenvalue weighted by molar-refractivity contribution is 7.91. The summed E-state index contributed by atoms with van der Waals surface area (Å²) in [5.74, 6) is -2.84. The van der Waals surface area contributed by atoms with Gasteiger partial charge in [-0.15, -0.1) is 13.2 Å². The fraction of sp³-hybridized carbons (Fsp3) is 0.381. The van der Waals surface area contributed by atoms with Crippen molar-refractivity contribution in [3.8, 4) is 17.2 Å². The minimum atomic E-state index is -4.82. The molecule has 1 aliphatic heterocycles. The summed E-state index contributed by atoms with van der Waals surface area (Å²) in [6, 6.07) is 8.94. The average Bonchev–Trinajstić information content (AvgIpc) is 3.23. The van der Waals surface area contributed by atoms with Crippen LogP contribution in [-0.4, -0.2) is 58.0 Å². The molecule has 35 heavy (non-hydrogen) atoms. The van der Waals surface area contributed by atoms with Crippen molar-refractivity contribution < 1.29 is 44.3 Å². The topological polar surface area (TPSA) is 133 Å². The van der Waals surface area contributed by atoms with Gasteiger partial charge in [0.2, 0.25) is 15.9 Å². The quantitative estimate of drug-likeness (QED) is 0.521. The van der Waals surface area contributed by atoms with Crippen LogP contribution in [0.25, 0.3) is 0 Å². The van der Waals surface area contributed by atoms with Crippen LogP contribution in [0.15, 0.2) is 53.4 Å². The fourth-order valence-corrected chi connectivity index (χ4v) is 6.66. The van der Waals surface area contributed by atoms with Crippen LogP contribution in [0.4, 0.5) is 13.2 Å². The van der Waals surface area contributed by atoms with Crippen LogP contribution in [0.3, 0.4) is 0 Å². The summed E-state index contributed by atoms with van der Waals surface area (Å²) in [6.45, 7) is 0.183. The smallest absolute Gasteiger partial charge is 0.457 e. The lowest BCUT2D eigenvalue weighted by atomic mass is 10.00. The number of nitrogens with zero attached hydrogens (tertiary/aromatic N) is 1. The number of amides is 1. The number of rotatable bonds is 9. The number of nitrogens with two attached hydrogens (primary N) is 1. The first-order valence-electron chi connectivity index (χ1n) is 10.3. The number of benzene rings is 2. The predicted molar refractivity (Wildman–Crippen MR) is 119 cm³/mol. The molecule has 9 nitrogen and oxygen atoms in total. The standard InChI is InChI=1S/C21H23F3N2O7S2/c1-34(28,29)26-12-2-3-19(26)18(20(25)27)13-35(30,31)17-10-8-15(9-11-17)32-14-4-6-16(7-5-14)33-21(22,23)24/h4-11,18-19H,2-3,12-13H2,1H3,(H2,25,27)/t18-,19+/m0/s1. The highest BCUT2D eigenvalue weighted by atomic mass is 32.2. The first-order chi connectivity index (χ1) is 16.2. The van der Waals surface area contributed by atoms with E-state index in [2.05, 4.69) is 4.74 Å². The molecule has 192 valence electrons. The molecule has 2 aromatic carbocycles. The molecule has 1 heterocycles. The van der Waals surface area contributed by atoms with E-state index in [9.17, 15) is 34.8 Å². The number of carbonyl (C=O) groups excluding carboxylic acids is 1. The highest BCUT2D eigenvalue weighted by Crippen LogP contribution is 2.31. The Hall–Kier alpha value is -2.84. The van der Waals surface area contributed by atoms with Crippen molar-refractivity contribution in [3.05, 3.63) is 48.5 Å². The second-order valence-corrected chi connectivity index (χ2v) is 11.9. The van der Waals surface area contributed by atoms with Crippen molar-refractivity contribution in [3.63, 3.8) is 0 Å². The SMILES string of the molecule is CS(=O)(=O)N1CCC[C@@H]1[C@H](CS(=O)(=O)c1ccc(Oc2ccc(OC(F)(F)F)cc2)cc1)C(N)=O. The second kappa shape index (κ2) is 10.0. The summed E-state index contributed by atoms with van der Waals surface area (Å²) in [6.07, 6.45) is -3.03. The molecule has 1 saturated heterocycles. The third-order valence-corrected chi connectivity index (χ3v) is 8.47. The van der Waals surface area contributed by atoms with E-state index in [0.717, 1.165) is 22.7 Å². The Balaban J connectivity index is 1.72. The maximum Gasteiger partial charge on any atom is 0.573 e. The zero-order valence-corrected chi connectivity index (χ0v) is 20.1. The summed E-state index contributed by atoms with van der Waals surface area (Å²) >= 11 is 0. The van der Waals surface area contributed by atoms with Crippen molar-refractivity contribution in [2.75, 3.05) is 18.6 Å². The van der Waals surface area contributed by atoms with Gasteiger partial charge in [-0.3, -0.25) is 4.79 Å². The Kier molecular flexibility index (Phi) is 7.67. The highest BCUT2D eigenvalue weighted by Gasteiger charge is 2.41. The zero-order chi connectivity index (χ0) is 26.0. The summed E-state index contributed by atoms with van der Waals surface area (Å²) in [4.78, 5) is 11.9. The number of sulfonamides is 1. The fourth-order valence-electron chi connectivity index (χ4n) is 3.86. The molecule has 0 radical (unpaired) electrons. The van der Waals surface area contributed by atoms with Gasteiger partial charge in [-0.25, -0.2) is 16.8 Å². The maximum atomic E-state index is 13.0. The molecule has 1 amide bonds. The molecule has 0 aliphatic carbocycles. The number of carbonyl (C=O) groups is 1. The van der Waals surface area contributed by atoms with Gasteiger partial charge in [-0.2, -0.15) is 4.31 Å². The third kappa shape index (κ3) is 7.08. The number of halogens is 3. The van der Waals surface area contributed by atoms with Gasteiger partial charge in [0, 0.05) is 12.6 Å². The number of hydrogen-bond donors (Lipinski definition) is 1. The molecule has 0 aromatic heterocycles. The molecular formula is C21H23F3N2O7S2. The number of primary amides is 1. The Bertz CT molecular complexity index is 1260. The Morgan fingerprint density at radius 3 is 2.03 bits per heavy atom. The van der Waals surface area contributed by atoms with Gasteiger partial charge in [0.1, 0.15) is 17.2 Å². The first-order valence-corrected chi connectivity index (χ1v) is 13.8. The Morgan fingerprint density at radius 1 is 1.03 bits per heavy atom. The maximum absolute atomic E-state index is 13.0. The van der Waals surface area contributed by atoms with Crippen LogP contribution in [-0.2, 0) is 24.7 Å². The van der Waals surface area contributed by atoms with Gasteiger partial charge < -0.3 is 15.2 Å². The van der Waals surface area contributed by atoms with Crippen LogP contribution >= 0.6 is 0 Å². The van der Waals surface area contributed by atoms with Crippen LogP contribution < -0.4 is 15.2 Å². The molecule has 2 N–H and O–H groups in total. The number of sulfone groups is 1. The third-order valence-electron chi connectivity index (χ3n) is 5.38. The van der Waals surface area contributed by atoms with E-state index in [-0.39, 0.29) is 22.9 Å². The van der Waals surface area contributed by atoms with Crippen LogP contribution in [0.5, 0.6) is 17.2 Å². The lowest BCUT2D eigenvalue weighted by Crippen LogP contribution is -2.47. The molecule has 1 fully saturated rings. The van der Waals surface area contributed by atoms with Crippen LogP contribution in [0, 0.1) is 5.92 Å². The lowest BCUT2D eigenvalue weighted by molar-refractivity contribution is -0.274. The number of hydrogen-bond acceptors (Lipinski definition) is 7. The summed E-state index contributed by atoms with van der Waals surface area (Å²) in [5.41, 5.74) is 5.45. The normalized spacial score (nSPS) is 18.2. The van der Waals surface area contributed by atoms with Gasteiger partial charge in [0.15, 0.2) is 9.84 Å². The monoisotopic (exact) mass is 536 g/mol. The molecule has 0 spiro atoms. The molecule has 0 unspecified atom stereocenters. The van der Waals surface area contributed by atoms with Gasteiger partial charge in [-0.05, 0) is 61.4 Å². The van der Waals surface area contributed by atoms with E-state index < -0.39 is 55.6 Å². The van der Waals surface area contributed by atoms with Crippen molar-refractivity contribution in [2.45, 2.75) is 30.1 Å². The zero-order valence-electron chi connectivity index (χ0n) is 18.4. The van der Waals surface area contributed by atoms with Gasteiger partial charge in [-0.1, -0.05) is 0 Å². The average molecular weight is 537 g/mol. The van der Waals surface area contributed by atoms with Crippen LogP contribution in [0.1, 0.15) is 12.8 Å². The molecule has 3 rings (SSSR count). The second-order valence-electron chi connectivity index (χ2n) is 7.97. The molecule has 2 aromatic rings. The van der Waals surface area contributed by atoms with E-state index in [4.69, 9.17) is 10.5 Å². The Morgan fingerprint density at radius 2 is 1.54 bits per heavy atom. The van der Waals surface area contributed by atoms with Crippen molar-refractivity contribution in [1.82, 2.24) is 4.31 Å². The predicted octanol–water partition coefficient (Wildman–Crippen LogP) is 2.68. The van der Waals surface area contributed by atoms with E-state index in [1.54, 1.807) is 0 Å². The summed E-state index contributed by atoms with van der Waals surface area (Å²) in [5, 5.41) is 0. The van der Waals surface area contributed by atoms with E-state index in [0.29, 0.717) is 12.8 Å². The summed E-state index contributed by atoms with van der Waals surface area (Å²) in [7, 11) is -7.67. The van der Waals surface area contributed by atoms with Gasteiger partial charge in [0.25, 0.3) is 0 Å². The first kappa shape index (κ1) is 26.8. The molecule has 2 atom stereocenters. The molecule has 0 bridgehead atoms. The van der Waals surface area contributed by atoms with Crippen molar-refractivity contribution >= 4 is 25.8 Å². The summed E-state index contributed by atoms with van der Waals surface area (Å²) < 4.78 is 97.1. The van der Waals surface area contributed by atoms with E-state index in [1.165, 1.54) is 36.4 Å². The van der Waals surface area contributed by atoms with Gasteiger partial charge >= 0.3 is 6.36 Å². The van der Waals surface area contributed by atoms with Crippen molar-refractivity contribution in [2.24, 2.45) is 11.7 Å². The number of ether oxygens (including phenoxy) is 2. The van der Waals surface area contributed by atoms with Crippen LogP contribution in [0.2, 0.25) is 0 Å². The molecular weight excluding hydrogens is 513 g/mol. The molecule has 1 aliphatic rings. The largest absolute Gasteiger partial charge is 0.573 e. The van der Waals surface area contributed by atoms with Crippen molar-refractivity contribution in [1.29, 1.82) is 0 Å².